The first kappa shape index (κ1) is 19.8. The van der Waals surface area contributed by atoms with Crippen LogP contribution in [0.3, 0.4) is 0 Å². The fourth-order valence-corrected chi connectivity index (χ4v) is 5.69. The largest absolute Gasteiger partial charge is 0.345 e. The molecular weight excluding hydrogens is 364 g/mol. The van der Waals surface area contributed by atoms with Crippen LogP contribution in [0.4, 0.5) is 0 Å². The van der Waals surface area contributed by atoms with E-state index in [0.717, 1.165) is 16.7 Å². The van der Waals surface area contributed by atoms with Crippen molar-refractivity contribution in [2.24, 2.45) is 5.92 Å². The number of sulfonamides is 1. The summed E-state index contributed by atoms with van der Waals surface area (Å²) in [4.78, 5) is 12.9. The lowest BCUT2D eigenvalue weighted by Gasteiger charge is -2.22. The maximum atomic E-state index is 13.3. The molecule has 27 heavy (non-hydrogen) atoms. The van der Waals surface area contributed by atoms with Crippen molar-refractivity contribution in [2.45, 2.75) is 59.0 Å². The molecule has 0 fully saturated rings. The number of benzene rings is 1. The number of hydrogen-bond donors (Lipinski definition) is 0. The summed E-state index contributed by atoms with van der Waals surface area (Å²) in [5.41, 5.74) is 2.41. The van der Waals surface area contributed by atoms with Gasteiger partial charge in [0.25, 0.3) is 0 Å². The Morgan fingerprint density at radius 3 is 2.30 bits per heavy atom. The molecule has 1 aromatic carbocycles. The molecule has 0 saturated heterocycles. The van der Waals surface area contributed by atoms with Crippen LogP contribution >= 0.6 is 0 Å². The van der Waals surface area contributed by atoms with Gasteiger partial charge in [-0.3, -0.25) is 4.57 Å². The van der Waals surface area contributed by atoms with Crippen LogP contribution in [-0.4, -0.2) is 40.2 Å². The molecule has 0 saturated carbocycles. The van der Waals surface area contributed by atoms with Gasteiger partial charge >= 0.3 is 5.69 Å². The van der Waals surface area contributed by atoms with Gasteiger partial charge in [0.05, 0.1) is 4.90 Å². The van der Waals surface area contributed by atoms with E-state index in [1.54, 1.807) is 4.57 Å². The van der Waals surface area contributed by atoms with Crippen molar-refractivity contribution < 1.29 is 8.42 Å². The minimum absolute atomic E-state index is 0.152. The minimum Gasteiger partial charge on any atom is -0.278 e. The first-order valence-corrected chi connectivity index (χ1v) is 10.8. The van der Waals surface area contributed by atoms with Gasteiger partial charge in [-0.05, 0) is 37.8 Å². The molecule has 2 aromatic rings. The third-order valence-corrected chi connectivity index (χ3v) is 7.10. The summed E-state index contributed by atoms with van der Waals surface area (Å²) in [5.74, 6) is 0.988. The molecule has 0 radical (unpaired) electrons. The summed E-state index contributed by atoms with van der Waals surface area (Å²) >= 11 is 0. The zero-order valence-corrected chi connectivity index (χ0v) is 17.5. The number of aryl methyl sites for hydroxylation is 3. The molecule has 0 bridgehead atoms. The van der Waals surface area contributed by atoms with Crippen LogP contribution in [0.5, 0.6) is 0 Å². The summed E-state index contributed by atoms with van der Waals surface area (Å²) < 4.78 is 31.2. The quantitative estimate of drug-likeness (QED) is 0.796. The van der Waals surface area contributed by atoms with Crippen LogP contribution in [0.15, 0.2) is 21.8 Å². The third kappa shape index (κ3) is 3.73. The monoisotopic (exact) mass is 392 g/mol. The number of aromatic nitrogens is 3. The first-order valence-electron chi connectivity index (χ1n) is 9.35. The van der Waals surface area contributed by atoms with Crippen LogP contribution in [0, 0.1) is 26.7 Å². The second kappa shape index (κ2) is 7.24. The number of nitrogens with zero attached hydrogens (tertiary/aromatic N) is 4. The molecule has 0 amide bonds. The SMILES string of the molecule is Cc1cc(C)c(S(=O)(=O)N2CCc3nn(CC(C)C)c(=O)n3CC2)c(C)c1. The molecule has 3 rings (SSSR count). The lowest BCUT2D eigenvalue weighted by atomic mass is 10.1. The molecule has 0 unspecified atom stereocenters. The zero-order chi connectivity index (χ0) is 19.9. The average molecular weight is 393 g/mol. The smallest absolute Gasteiger partial charge is 0.278 e. The van der Waals surface area contributed by atoms with E-state index in [1.807, 2.05) is 46.8 Å². The van der Waals surface area contributed by atoms with Crippen molar-refractivity contribution in [1.29, 1.82) is 0 Å². The van der Waals surface area contributed by atoms with E-state index in [2.05, 4.69) is 5.10 Å². The highest BCUT2D eigenvalue weighted by atomic mass is 32.2. The Kier molecular flexibility index (Phi) is 5.31. The molecule has 0 spiro atoms. The van der Waals surface area contributed by atoms with Crippen LogP contribution in [-0.2, 0) is 29.5 Å². The molecular formula is C19H28N4O3S. The lowest BCUT2D eigenvalue weighted by molar-refractivity contribution is 0.404. The van der Waals surface area contributed by atoms with E-state index >= 15 is 0 Å². The summed E-state index contributed by atoms with van der Waals surface area (Å²) in [6, 6.07) is 3.79. The Hall–Kier alpha value is -1.93. The predicted octanol–water partition coefficient (Wildman–Crippen LogP) is 1.87. The summed E-state index contributed by atoms with van der Waals surface area (Å²) in [5, 5.41) is 4.43. The summed E-state index contributed by atoms with van der Waals surface area (Å²) in [6.45, 7) is 11.2. The van der Waals surface area contributed by atoms with E-state index < -0.39 is 10.0 Å². The molecule has 1 aliphatic rings. The standard InChI is InChI=1S/C19H28N4O3S/c1-13(2)12-23-19(24)22-9-8-21(7-6-17(22)20-23)27(25,26)18-15(4)10-14(3)11-16(18)5/h10-11,13H,6-9,12H2,1-5H3. The molecule has 1 aromatic heterocycles. The van der Waals surface area contributed by atoms with Gasteiger partial charge in [-0.25, -0.2) is 17.9 Å². The lowest BCUT2D eigenvalue weighted by Crippen LogP contribution is -2.36. The molecule has 7 nitrogen and oxygen atoms in total. The summed E-state index contributed by atoms with van der Waals surface area (Å²) in [6.07, 6.45) is 0.434. The van der Waals surface area contributed by atoms with E-state index in [9.17, 15) is 13.2 Å². The van der Waals surface area contributed by atoms with Gasteiger partial charge in [-0.1, -0.05) is 31.5 Å². The van der Waals surface area contributed by atoms with Crippen LogP contribution in [0.2, 0.25) is 0 Å². The Morgan fingerprint density at radius 1 is 1.07 bits per heavy atom. The van der Waals surface area contributed by atoms with E-state index in [4.69, 9.17) is 0 Å². The van der Waals surface area contributed by atoms with Crippen molar-refractivity contribution in [3.63, 3.8) is 0 Å². The predicted molar refractivity (Wildman–Crippen MR) is 104 cm³/mol. The van der Waals surface area contributed by atoms with Gasteiger partial charge in [0.2, 0.25) is 10.0 Å². The van der Waals surface area contributed by atoms with Gasteiger partial charge in [0.15, 0.2) is 0 Å². The van der Waals surface area contributed by atoms with Crippen LogP contribution < -0.4 is 5.69 Å². The fraction of sp³-hybridized carbons (Fsp3) is 0.579. The third-order valence-electron chi connectivity index (χ3n) is 4.90. The molecule has 0 N–H and O–H groups in total. The number of rotatable bonds is 4. The highest BCUT2D eigenvalue weighted by molar-refractivity contribution is 7.89. The Morgan fingerprint density at radius 2 is 1.70 bits per heavy atom. The maximum Gasteiger partial charge on any atom is 0.345 e. The highest BCUT2D eigenvalue weighted by Crippen LogP contribution is 2.26. The van der Waals surface area contributed by atoms with E-state index in [1.165, 1.54) is 8.99 Å². The van der Waals surface area contributed by atoms with Gasteiger partial charge in [-0.15, -0.1) is 0 Å². The summed E-state index contributed by atoms with van der Waals surface area (Å²) in [7, 11) is -3.62. The van der Waals surface area contributed by atoms with Crippen molar-refractivity contribution in [3.8, 4) is 0 Å². The van der Waals surface area contributed by atoms with Crippen LogP contribution in [0.25, 0.3) is 0 Å². The second-order valence-electron chi connectivity index (χ2n) is 7.81. The van der Waals surface area contributed by atoms with Gasteiger partial charge in [0, 0.05) is 32.6 Å². The second-order valence-corrected chi connectivity index (χ2v) is 9.68. The van der Waals surface area contributed by atoms with Gasteiger partial charge in [-0.2, -0.15) is 9.40 Å². The Labute approximate surface area is 160 Å². The Balaban J connectivity index is 1.90. The van der Waals surface area contributed by atoms with E-state index in [0.29, 0.717) is 42.7 Å². The first-order chi connectivity index (χ1) is 12.6. The van der Waals surface area contributed by atoms with Gasteiger partial charge < -0.3 is 0 Å². The maximum absolute atomic E-state index is 13.3. The molecule has 2 heterocycles. The average Bonchev–Trinajstić information content (AvgIpc) is 2.70. The Bertz CT molecular complexity index is 995. The normalized spacial score (nSPS) is 15.8. The molecule has 148 valence electrons. The van der Waals surface area contributed by atoms with Crippen molar-refractivity contribution in [1.82, 2.24) is 18.7 Å². The van der Waals surface area contributed by atoms with Crippen LogP contribution in [0.1, 0.15) is 36.4 Å². The topological polar surface area (TPSA) is 77.2 Å². The molecule has 0 atom stereocenters. The number of hydrogen-bond acceptors (Lipinski definition) is 4. The van der Waals surface area contributed by atoms with E-state index in [-0.39, 0.29) is 12.2 Å². The van der Waals surface area contributed by atoms with Crippen molar-refractivity contribution in [3.05, 3.63) is 45.1 Å². The van der Waals surface area contributed by atoms with Crippen molar-refractivity contribution >= 4 is 10.0 Å². The highest BCUT2D eigenvalue weighted by Gasteiger charge is 2.30. The van der Waals surface area contributed by atoms with Gasteiger partial charge in [0.1, 0.15) is 5.82 Å². The minimum atomic E-state index is -3.62. The molecule has 0 aliphatic carbocycles. The van der Waals surface area contributed by atoms with Crippen molar-refractivity contribution in [2.75, 3.05) is 13.1 Å². The fourth-order valence-electron chi connectivity index (χ4n) is 3.85. The zero-order valence-electron chi connectivity index (χ0n) is 16.7. The molecule has 1 aliphatic heterocycles. The number of fused-ring (bicyclic) bond motifs is 1. The molecule has 8 heteroatoms.